The van der Waals surface area contributed by atoms with Gasteiger partial charge in [0.1, 0.15) is 11.5 Å². The van der Waals surface area contributed by atoms with Gasteiger partial charge in [0, 0.05) is 34.7 Å². The molecular weight excluding hydrogens is 344 g/mol. The second-order valence-corrected chi connectivity index (χ2v) is 7.35. The van der Waals surface area contributed by atoms with Crippen LogP contribution in [0.2, 0.25) is 0 Å². The molecule has 0 spiro atoms. The molecule has 4 aromatic carbocycles. The molecule has 28 heavy (non-hydrogen) atoms. The van der Waals surface area contributed by atoms with E-state index in [1.165, 1.54) is 33.0 Å². The molecule has 0 fully saturated rings. The molecule has 0 heterocycles. The highest BCUT2D eigenvalue weighted by atomic mass is 16.5. The lowest BCUT2D eigenvalue weighted by atomic mass is 9.82. The van der Waals surface area contributed by atoms with Crippen molar-refractivity contribution in [3.8, 4) is 11.5 Å². The van der Waals surface area contributed by atoms with Crippen LogP contribution in [0.5, 0.6) is 11.5 Å². The normalized spacial score (nSPS) is 12.6. The first kappa shape index (κ1) is 17.1. The number of benzene rings is 4. The summed E-state index contributed by atoms with van der Waals surface area (Å²) in [5.41, 5.74) is 5.34. The highest BCUT2D eigenvalue weighted by Crippen LogP contribution is 2.46. The first-order valence-corrected chi connectivity index (χ1v) is 10.1. The Hall–Kier alpha value is -3.00. The van der Waals surface area contributed by atoms with Gasteiger partial charge in [-0.2, -0.15) is 0 Å². The van der Waals surface area contributed by atoms with E-state index in [4.69, 9.17) is 9.47 Å². The van der Waals surface area contributed by atoms with Crippen molar-refractivity contribution in [2.45, 2.75) is 26.7 Å². The maximum absolute atomic E-state index is 6.26. The average Bonchev–Trinajstić information content (AvgIpc) is 2.74. The molecular formula is C26H24O2. The lowest BCUT2D eigenvalue weighted by molar-refractivity contribution is 0.331. The van der Waals surface area contributed by atoms with Crippen LogP contribution < -0.4 is 9.47 Å². The largest absolute Gasteiger partial charge is 0.493 e. The molecule has 0 saturated heterocycles. The minimum Gasteiger partial charge on any atom is -0.493 e. The van der Waals surface area contributed by atoms with Crippen LogP contribution in [0, 0.1) is 0 Å². The summed E-state index contributed by atoms with van der Waals surface area (Å²) in [6.07, 6.45) is 1.79. The van der Waals surface area contributed by atoms with Gasteiger partial charge in [0.05, 0.1) is 13.2 Å². The van der Waals surface area contributed by atoms with Crippen molar-refractivity contribution in [1.29, 1.82) is 0 Å². The van der Waals surface area contributed by atoms with Gasteiger partial charge in [0.15, 0.2) is 0 Å². The van der Waals surface area contributed by atoms with E-state index in [9.17, 15) is 0 Å². The second kappa shape index (κ2) is 6.87. The summed E-state index contributed by atoms with van der Waals surface area (Å²) < 4.78 is 12.5. The predicted octanol–water partition coefficient (Wildman–Crippen LogP) is 6.29. The van der Waals surface area contributed by atoms with Gasteiger partial charge < -0.3 is 9.47 Å². The van der Waals surface area contributed by atoms with Crippen LogP contribution in [0.15, 0.2) is 60.7 Å². The number of hydrogen-bond donors (Lipinski definition) is 0. The summed E-state index contributed by atoms with van der Waals surface area (Å²) in [7, 11) is 0. The Kier molecular flexibility index (Phi) is 4.20. The maximum atomic E-state index is 6.26. The zero-order valence-corrected chi connectivity index (χ0v) is 16.4. The molecule has 0 aliphatic heterocycles. The standard InChI is InChI=1S/C26H24O2/c1-3-27-25-21-13-17-9-5-7-11-19(17)15-23(21)26(28-4-2)24-16-20-12-8-6-10-18(20)14-22(24)25/h5-13,15H,3-4,14,16H2,1-2H3. The van der Waals surface area contributed by atoms with Gasteiger partial charge in [-0.1, -0.05) is 48.5 Å². The Morgan fingerprint density at radius 1 is 0.643 bits per heavy atom. The Balaban J connectivity index is 1.87. The lowest BCUT2D eigenvalue weighted by Gasteiger charge is -2.27. The fourth-order valence-electron chi connectivity index (χ4n) is 4.49. The molecule has 2 nitrogen and oxygen atoms in total. The third-order valence-electron chi connectivity index (χ3n) is 5.72. The van der Waals surface area contributed by atoms with E-state index in [2.05, 4.69) is 74.5 Å². The molecule has 2 heteroatoms. The van der Waals surface area contributed by atoms with E-state index >= 15 is 0 Å². The summed E-state index contributed by atoms with van der Waals surface area (Å²) in [6.45, 7) is 5.44. The van der Waals surface area contributed by atoms with E-state index in [1.807, 2.05) is 0 Å². The van der Waals surface area contributed by atoms with Gasteiger partial charge >= 0.3 is 0 Å². The minimum atomic E-state index is 0.657. The van der Waals surface area contributed by atoms with Crippen LogP contribution in [0.1, 0.15) is 36.1 Å². The molecule has 1 aliphatic rings. The van der Waals surface area contributed by atoms with E-state index in [0.717, 1.165) is 35.1 Å². The summed E-state index contributed by atoms with van der Waals surface area (Å²) >= 11 is 0. The van der Waals surface area contributed by atoms with Crippen LogP contribution in [-0.2, 0) is 12.8 Å². The molecule has 0 saturated carbocycles. The SMILES string of the molecule is CCOc1c2c(c(OCC)c3cc4ccccc4cc13)Cc1ccccc1C2. The molecule has 0 atom stereocenters. The molecule has 140 valence electrons. The summed E-state index contributed by atoms with van der Waals surface area (Å²) in [4.78, 5) is 0. The predicted molar refractivity (Wildman–Crippen MR) is 116 cm³/mol. The van der Waals surface area contributed by atoms with E-state index in [0.29, 0.717) is 13.2 Å². The zero-order chi connectivity index (χ0) is 19.1. The topological polar surface area (TPSA) is 18.5 Å². The first-order valence-electron chi connectivity index (χ1n) is 10.1. The van der Waals surface area contributed by atoms with Crippen molar-refractivity contribution >= 4 is 21.5 Å². The smallest absolute Gasteiger partial charge is 0.131 e. The highest BCUT2D eigenvalue weighted by molar-refractivity contribution is 6.05. The van der Waals surface area contributed by atoms with Crippen molar-refractivity contribution < 1.29 is 9.47 Å². The molecule has 4 aromatic rings. The third-order valence-corrected chi connectivity index (χ3v) is 5.72. The average molecular weight is 368 g/mol. The number of fused-ring (bicyclic) bond motifs is 4. The Morgan fingerprint density at radius 3 is 1.50 bits per heavy atom. The number of ether oxygens (including phenoxy) is 2. The summed E-state index contributed by atoms with van der Waals surface area (Å²) in [5.74, 6) is 2.05. The van der Waals surface area contributed by atoms with Crippen LogP contribution in [0.3, 0.4) is 0 Å². The Bertz CT molecular complexity index is 1100. The van der Waals surface area contributed by atoms with Gasteiger partial charge in [-0.3, -0.25) is 0 Å². The van der Waals surface area contributed by atoms with Gasteiger partial charge in [-0.15, -0.1) is 0 Å². The monoisotopic (exact) mass is 368 g/mol. The number of rotatable bonds is 4. The van der Waals surface area contributed by atoms with Crippen LogP contribution in [0.25, 0.3) is 21.5 Å². The van der Waals surface area contributed by atoms with E-state index < -0.39 is 0 Å². The summed E-state index contributed by atoms with van der Waals surface area (Å²) in [5, 5.41) is 4.77. The second-order valence-electron chi connectivity index (χ2n) is 7.35. The molecule has 0 unspecified atom stereocenters. The van der Waals surface area contributed by atoms with Crippen molar-refractivity contribution in [2.75, 3.05) is 13.2 Å². The molecule has 0 N–H and O–H groups in total. The Morgan fingerprint density at radius 2 is 1.07 bits per heavy atom. The first-order chi connectivity index (χ1) is 13.8. The van der Waals surface area contributed by atoms with Gasteiger partial charge in [-0.05, 0) is 47.9 Å². The van der Waals surface area contributed by atoms with Gasteiger partial charge in [0.2, 0.25) is 0 Å². The minimum absolute atomic E-state index is 0.657. The maximum Gasteiger partial charge on any atom is 0.131 e. The molecule has 0 bridgehead atoms. The zero-order valence-electron chi connectivity index (χ0n) is 16.4. The molecule has 0 aromatic heterocycles. The van der Waals surface area contributed by atoms with Gasteiger partial charge in [-0.25, -0.2) is 0 Å². The van der Waals surface area contributed by atoms with Crippen molar-refractivity contribution in [2.24, 2.45) is 0 Å². The summed E-state index contributed by atoms with van der Waals surface area (Å²) in [6, 6.07) is 21.8. The fraction of sp³-hybridized carbons (Fsp3) is 0.231. The van der Waals surface area contributed by atoms with Crippen LogP contribution in [0.4, 0.5) is 0 Å². The number of hydrogen-bond acceptors (Lipinski definition) is 2. The van der Waals surface area contributed by atoms with Crippen LogP contribution >= 0.6 is 0 Å². The molecule has 5 rings (SSSR count). The van der Waals surface area contributed by atoms with Crippen molar-refractivity contribution in [1.82, 2.24) is 0 Å². The van der Waals surface area contributed by atoms with Crippen molar-refractivity contribution in [3.63, 3.8) is 0 Å². The van der Waals surface area contributed by atoms with E-state index in [-0.39, 0.29) is 0 Å². The van der Waals surface area contributed by atoms with Crippen LogP contribution in [-0.4, -0.2) is 13.2 Å². The fourth-order valence-corrected chi connectivity index (χ4v) is 4.49. The molecule has 0 radical (unpaired) electrons. The Labute approximate surface area is 165 Å². The molecule has 0 amide bonds. The van der Waals surface area contributed by atoms with E-state index in [1.54, 1.807) is 0 Å². The lowest BCUT2D eigenvalue weighted by Crippen LogP contribution is -2.12. The van der Waals surface area contributed by atoms with Gasteiger partial charge in [0.25, 0.3) is 0 Å². The molecule has 1 aliphatic carbocycles. The highest BCUT2D eigenvalue weighted by Gasteiger charge is 2.26. The third kappa shape index (κ3) is 2.63. The van der Waals surface area contributed by atoms with Crippen molar-refractivity contribution in [3.05, 3.63) is 82.9 Å². The quantitative estimate of drug-likeness (QED) is 0.347.